The first kappa shape index (κ1) is 13.0. The van der Waals surface area contributed by atoms with Crippen molar-refractivity contribution in [1.29, 1.82) is 0 Å². The Morgan fingerprint density at radius 2 is 1.75 bits per heavy atom. The standard InChI is InChI=1S/C12H19NO2S/c1-3-10(4-2)9-16(14,15)12-8-6-5-7-11(12)13/h5-8,10H,3-4,9,13H2,1-2H3. The number of anilines is 1. The maximum absolute atomic E-state index is 12.1. The lowest BCUT2D eigenvalue weighted by atomic mass is 10.1. The number of nitrogen functional groups attached to an aromatic ring is 1. The molecule has 0 fully saturated rings. The number of hydrogen-bond donors (Lipinski definition) is 1. The van der Waals surface area contributed by atoms with E-state index in [4.69, 9.17) is 5.73 Å². The van der Waals surface area contributed by atoms with Gasteiger partial charge in [0.2, 0.25) is 0 Å². The van der Waals surface area contributed by atoms with Gasteiger partial charge in [0.05, 0.1) is 16.3 Å². The zero-order chi connectivity index (χ0) is 12.2. The summed E-state index contributed by atoms with van der Waals surface area (Å²) >= 11 is 0. The number of nitrogens with two attached hydrogens (primary N) is 1. The van der Waals surface area contributed by atoms with Gasteiger partial charge in [-0.25, -0.2) is 8.42 Å². The Balaban J connectivity index is 2.99. The molecule has 1 aromatic rings. The summed E-state index contributed by atoms with van der Waals surface area (Å²) in [6.07, 6.45) is 1.75. The minimum Gasteiger partial charge on any atom is -0.398 e. The summed E-state index contributed by atoms with van der Waals surface area (Å²) in [6.45, 7) is 4.02. The van der Waals surface area contributed by atoms with E-state index in [2.05, 4.69) is 0 Å². The summed E-state index contributed by atoms with van der Waals surface area (Å²) in [5.41, 5.74) is 6.03. The molecule has 2 N–H and O–H groups in total. The van der Waals surface area contributed by atoms with E-state index in [1.54, 1.807) is 24.3 Å². The quantitative estimate of drug-likeness (QED) is 0.806. The molecule has 0 heterocycles. The van der Waals surface area contributed by atoms with Crippen molar-refractivity contribution in [2.24, 2.45) is 5.92 Å². The molecule has 0 amide bonds. The summed E-state index contributed by atoms with van der Waals surface area (Å²) in [7, 11) is -3.24. The van der Waals surface area contributed by atoms with Gasteiger partial charge in [-0.05, 0) is 18.1 Å². The molecule has 3 nitrogen and oxygen atoms in total. The van der Waals surface area contributed by atoms with Gasteiger partial charge in [-0.1, -0.05) is 38.8 Å². The normalized spacial score (nSPS) is 11.9. The molecule has 1 rings (SSSR count). The van der Waals surface area contributed by atoms with Crippen molar-refractivity contribution in [3.8, 4) is 0 Å². The third-order valence-corrected chi connectivity index (χ3v) is 4.82. The highest BCUT2D eigenvalue weighted by Gasteiger charge is 2.20. The first-order valence-electron chi connectivity index (χ1n) is 5.58. The van der Waals surface area contributed by atoms with E-state index in [9.17, 15) is 8.42 Å². The van der Waals surface area contributed by atoms with Gasteiger partial charge in [0, 0.05) is 0 Å². The van der Waals surface area contributed by atoms with Crippen LogP contribution in [0.3, 0.4) is 0 Å². The molecule has 4 heteroatoms. The van der Waals surface area contributed by atoms with E-state index in [0.717, 1.165) is 12.8 Å². The number of para-hydroxylation sites is 1. The van der Waals surface area contributed by atoms with Crippen molar-refractivity contribution in [3.05, 3.63) is 24.3 Å². The lowest BCUT2D eigenvalue weighted by Gasteiger charge is -2.13. The molecule has 0 atom stereocenters. The zero-order valence-corrected chi connectivity index (χ0v) is 10.6. The molecule has 0 radical (unpaired) electrons. The average Bonchev–Trinajstić information content (AvgIpc) is 2.26. The lowest BCUT2D eigenvalue weighted by molar-refractivity contribution is 0.523. The number of sulfone groups is 1. The fourth-order valence-electron chi connectivity index (χ4n) is 1.69. The molecule has 0 unspecified atom stereocenters. The van der Waals surface area contributed by atoms with Crippen LogP contribution in [0.4, 0.5) is 5.69 Å². The summed E-state index contributed by atoms with van der Waals surface area (Å²) in [5, 5.41) is 0. The first-order chi connectivity index (χ1) is 7.51. The lowest BCUT2D eigenvalue weighted by Crippen LogP contribution is -2.16. The Bertz CT molecular complexity index is 436. The average molecular weight is 241 g/mol. The van der Waals surface area contributed by atoms with E-state index in [0.29, 0.717) is 5.69 Å². The second-order valence-corrected chi connectivity index (χ2v) is 6.00. The Kier molecular flexibility index (Phi) is 4.35. The van der Waals surface area contributed by atoms with Gasteiger partial charge in [-0.15, -0.1) is 0 Å². The van der Waals surface area contributed by atoms with Gasteiger partial charge in [0.1, 0.15) is 0 Å². The predicted molar refractivity (Wildman–Crippen MR) is 67.0 cm³/mol. The van der Waals surface area contributed by atoms with Crippen LogP contribution in [0.5, 0.6) is 0 Å². The Morgan fingerprint density at radius 1 is 1.19 bits per heavy atom. The van der Waals surface area contributed by atoms with E-state index < -0.39 is 9.84 Å². The third kappa shape index (κ3) is 2.98. The summed E-state index contributed by atoms with van der Waals surface area (Å²) in [4.78, 5) is 0.266. The van der Waals surface area contributed by atoms with E-state index in [1.165, 1.54) is 0 Å². The van der Waals surface area contributed by atoms with Gasteiger partial charge in [0.15, 0.2) is 9.84 Å². The molecular weight excluding hydrogens is 222 g/mol. The van der Waals surface area contributed by atoms with Crippen LogP contribution in [-0.2, 0) is 9.84 Å². The van der Waals surface area contributed by atoms with Crippen molar-refractivity contribution in [2.75, 3.05) is 11.5 Å². The van der Waals surface area contributed by atoms with Crippen LogP contribution in [0.25, 0.3) is 0 Å². The molecule has 0 saturated carbocycles. The summed E-state index contributed by atoms with van der Waals surface area (Å²) < 4.78 is 24.2. The van der Waals surface area contributed by atoms with E-state index >= 15 is 0 Å². The fourth-order valence-corrected chi connectivity index (χ4v) is 3.67. The topological polar surface area (TPSA) is 60.2 Å². The van der Waals surface area contributed by atoms with Gasteiger partial charge in [0.25, 0.3) is 0 Å². The smallest absolute Gasteiger partial charge is 0.180 e. The molecule has 0 saturated heterocycles. The van der Waals surface area contributed by atoms with Crippen LogP contribution >= 0.6 is 0 Å². The minimum absolute atomic E-state index is 0.189. The molecular formula is C12H19NO2S. The van der Waals surface area contributed by atoms with Crippen molar-refractivity contribution in [3.63, 3.8) is 0 Å². The first-order valence-corrected chi connectivity index (χ1v) is 7.23. The highest BCUT2D eigenvalue weighted by Crippen LogP contribution is 2.22. The van der Waals surface area contributed by atoms with Gasteiger partial charge >= 0.3 is 0 Å². The van der Waals surface area contributed by atoms with E-state index in [1.807, 2.05) is 13.8 Å². The van der Waals surface area contributed by atoms with Crippen molar-refractivity contribution in [2.45, 2.75) is 31.6 Å². The molecule has 0 aliphatic heterocycles. The zero-order valence-electron chi connectivity index (χ0n) is 9.81. The van der Waals surface area contributed by atoms with Crippen molar-refractivity contribution >= 4 is 15.5 Å². The highest BCUT2D eigenvalue weighted by atomic mass is 32.2. The number of benzene rings is 1. The van der Waals surface area contributed by atoms with Crippen LogP contribution in [0.1, 0.15) is 26.7 Å². The molecule has 0 aromatic heterocycles. The Morgan fingerprint density at radius 3 is 2.25 bits per heavy atom. The molecule has 90 valence electrons. The molecule has 16 heavy (non-hydrogen) atoms. The molecule has 0 aliphatic carbocycles. The molecule has 0 aliphatic rings. The predicted octanol–water partition coefficient (Wildman–Crippen LogP) is 2.48. The van der Waals surface area contributed by atoms with Crippen LogP contribution in [0, 0.1) is 5.92 Å². The minimum atomic E-state index is -3.24. The summed E-state index contributed by atoms with van der Waals surface area (Å²) in [5.74, 6) is 0.401. The van der Waals surface area contributed by atoms with Crippen molar-refractivity contribution in [1.82, 2.24) is 0 Å². The summed E-state index contributed by atoms with van der Waals surface area (Å²) in [6, 6.07) is 6.65. The largest absolute Gasteiger partial charge is 0.398 e. The van der Waals surface area contributed by atoms with Gasteiger partial charge < -0.3 is 5.73 Å². The second-order valence-electron chi connectivity index (χ2n) is 4.00. The van der Waals surface area contributed by atoms with Crippen LogP contribution in [0.15, 0.2) is 29.2 Å². The number of rotatable bonds is 5. The van der Waals surface area contributed by atoms with E-state index in [-0.39, 0.29) is 16.6 Å². The van der Waals surface area contributed by atoms with Crippen LogP contribution < -0.4 is 5.73 Å². The van der Waals surface area contributed by atoms with Crippen LogP contribution in [0.2, 0.25) is 0 Å². The van der Waals surface area contributed by atoms with Gasteiger partial charge in [-0.3, -0.25) is 0 Å². The molecule has 0 bridgehead atoms. The van der Waals surface area contributed by atoms with Crippen molar-refractivity contribution < 1.29 is 8.42 Å². The second kappa shape index (κ2) is 5.34. The monoisotopic (exact) mass is 241 g/mol. The molecule has 0 spiro atoms. The van der Waals surface area contributed by atoms with Crippen LogP contribution in [-0.4, -0.2) is 14.2 Å². The molecule has 1 aromatic carbocycles. The Hall–Kier alpha value is -1.03. The third-order valence-electron chi connectivity index (χ3n) is 2.86. The number of hydrogen-bond acceptors (Lipinski definition) is 3. The highest BCUT2D eigenvalue weighted by molar-refractivity contribution is 7.91. The maximum Gasteiger partial charge on any atom is 0.180 e. The maximum atomic E-state index is 12.1. The van der Waals surface area contributed by atoms with Gasteiger partial charge in [-0.2, -0.15) is 0 Å². The Labute approximate surface area is 97.6 Å². The SMILES string of the molecule is CCC(CC)CS(=O)(=O)c1ccccc1N. The fraction of sp³-hybridized carbons (Fsp3) is 0.500.